The molecule has 6 heteroatoms. The number of aryl methyl sites for hydroxylation is 1. The van der Waals surface area contributed by atoms with Gasteiger partial charge >= 0.3 is 0 Å². The average Bonchev–Trinajstić information content (AvgIpc) is 2.98. The molecule has 0 saturated heterocycles. The molecule has 0 radical (unpaired) electrons. The van der Waals surface area contributed by atoms with Crippen molar-refractivity contribution in [3.63, 3.8) is 0 Å². The highest BCUT2D eigenvalue weighted by Crippen LogP contribution is 2.28. The summed E-state index contributed by atoms with van der Waals surface area (Å²) in [6, 6.07) is 11.9. The van der Waals surface area contributed by atoms with Crippen LogP contribution in [0.4, 0.5) is 4.39 Å². The van der Waals surface area contributed by atoms with Gasteiger partial charge in [-0.3, -0.25) is 4.79 Å². The average molecular weight is 370 g/mol. The number of benzene rings is 2. The maximum atomic E-state index is 13.5. The van der Waals surface area contributed by atoms with Crippen LogP contribution in [0.25, 0.3) is 11.0 Å². The topological polar surface area (TPSA) is 54.7 Å². The first-order chi connectivity index (χ1) is 12.9. The van der Waals surface area contributed by atoms with Crippen molar-refractivity contribution in [1.29, 1.82) is 0 Å². The zero-order valence-corrected chi connectivity index (χ0v) is 15.9. The van der Waals surface area contributed by atoms with E-state index in [9.17, 15) is 9.18 Å². The number of nitrogens with one attached hydrogen (secondary N) is 1. The number of carbonyl (C=O) groups excluding carboxylic acids is 1. The van der Waals surface area contributed by atoms with Crippen molar-refractivity contribution in [2.24, 2.45) is 0 Å². The van der Waals surface area contributed by atoms with E-state index in [2.05, 4.69) is 5.32 Å². The van der Waals surface area contributed by atoms with E-state index in [1.54, 1.807) is 14.0 Å². The third-order valence-electron chi connectivity index (χ3n) is 4.68. The summed E-state index contributed by atoms with van der Waals surface area (Å²) >= 11 is 0. The number of likely N-dealkylation sites (N-methyl/N-ethyl adjacent to an activating group) is 1. The minimum Gasteiger partial charge on any atom is -0.496 e. The predicted molar refractivity (Wildman–Crippen MR) is 103 cm³/mol. The molecule has 0 aliphatic heterocycles. The van der Waals surface area contributed by atoms with Crippen molar-refractivity contribution in [1.82, 2.24) is 10.2 Å². The lowest BCUT2D eigenvalue weighted by molar-refractivity contribution is 0.0915. The molecule has 3 aromatic rings. The molecule has 142 valence electrons. The molecule has 27 heavy (non-hydrogen) atoms. The Morgan fingerprint density at radius 3 is 2.70 bits per heavy atom. The van der Waals surface area contributed by atoms with Crippen LogP contribution in [0.1, 0.15) is 27.7 Å². The number of hydrogen-bond acceptors (Lipinski definition) is 4. The Morgan fingerprint density at radius 1 is 1.26 bits per heavy atom. The van der Waals surface area contributed by atoms with Crippen LogP contribution in [0.3, 0.4) is 0 Å². The Kier molecular flexibility index (Phi) is 5.46. The lowest BCUT2D eigenvalue weighted by atomic mass is 10.0. The molecule has 0 spiro atoms. The van der Waals surface area contributed by atoms with Gasteiger partial charge in [-0.2, -0.15) is 0 Å². The number of rotatable bonds is 6. The number of nitrogens with zero attached hydrogens (tertiary/aromatic N) is 1. The lowest BCUT2D eigenvalue weighted by Crippen LogP contribution is -2.34. The normalized spacial score (nSPS) is 12.4. The molecule has 0 aliphatic rings. The highest BCUT2D eigenvalue weighted by atomic mass is 19.1. The summed E-state index contributed by atoms with van der Waals surface area (Å²) in [5.74, 6) is 0.280. The van der Waals surface area contributed by atoms with Gasteiger partial charge in [0.1, 0.15) is 17.1 Å². The highest BCUT2D eigenvalue weighted by molar-refractivity contribution is 5.98. The molecule has 1 N–H and O–H groups in total. The molecule has 0 unspecified atom stereocenters. The minimum atomic E-state index is -0.359. The summed E-state index contributed by atoms with van der Waals surface area (Å²) in [6.45, 7) is 2.13. The molecule has 0 saturated carbocycles. The molecule has 2 aromatic carbocycles. The third-order valence-corrected chi connectivity index (χ3v) is 4.68. The number of furan rings is 1. The Bertz CT molecular complexity index is 965. The summed E-state index contributed by atoms with van der Waals surface area (Å²) in [5.41, 5.74) is 2.10. The van der Waals surface area contributed by atoms with Crippen LogP contribution in [0, 0.1) is 12.7 Å². The monoisotopic (exact) mass is 370 g/mol. The molecule has 5 nitrogen and oxygen atoms in total. The van der Waals surface area contributed by atoms with E-state index in [1.165, 1.54) is 18.2 Å². The number of methoxy groups -OCH3 is 1. The molecule has 0 aliphatic carbocycles. The fourth-order valence-corrected chi connectivity index (χ4v) is 3.19. The Labute approximate surface area is 157 Å². The van der Waals surface area contributed by atoms with E-state index in [4.69, 9.17) is 9.15 Å². The van der Waals surface area contributed by atoms with Crippen molar-refractivity contribution in [2.45, 2.75) is 13.0 Å². The maximum absolute atomic E-state index is 13.5. The Morgan fingerprint density at radius 2 is 2.00 bits per heavy atom. The van der Waals surface area contributed by atoms with Crippen molar-refractivity contribution >= 4 is 16.9 Å². The van der Waals surface area contributed by atoms with Crippen molar-refractivity contribution in [2.75, 3.05) is 27.7 Å². The molecule has 0 bridgehead atoms. The number of hydrogen-bond donors (Lipinski definition) is 1. The van der Waals surface area contributed by atoms with Crippen LogP contribution in [-0.4, -0.2) is 38.6 Å². The SMILES string of the molecule is COc1ccccc1[C@@H](CNC(=O)c1oc2ccc(F)cc2c1C)N(C)C. The second-order valence-corrected chi connectivity index (χ2v) is 6.63. The van der Waals surface area contributed by atoms with Gasteiger partial charge in [0.05, 0.1) is 13.2 Å². The Hall–Kier alpha value is -2.86. The van der Waals surface area contributed by atoms with Crippen LogP contribution in [-0.2, 0) is 0 Å². The standard InChI is InChI=1S/C21H23FN2O3/c1-13-16-11-14(22)9-10-19(16)27-20(13)21(25)23-12-17(24(2)3)15-7-5-6-8-18(15)26-4/h5-11,17H,12H2,1-4H3,(H,23,25)/t17-/m1/s1. The molecule has 1 atom stereocenters. The van der Waals surface area contributed by atoms with Crippen LogP contribution < -0.4 is 10.1 Å². The maximum Gasteiger partial charge on any atom is 0.287 e. The quantitative estimate of drug-likeness (QED) is 0.715. The van der Waals surface area contributed by atoms with E-state index >= 15 is 0 Å². The van der Waals surface area contributed by atoms with E-state index in [0.29, 0.717) is 23.1 Å². The number of halogens is 1. The van der Waals surface area contributed by atoms with E-state index in [-0.39, 0.29) is 23.5 Å². The molecular formula is C21H23FN2O3. The summed E-state index contributed by atoms with van der Waals surface area (Å²) < 4.78 is 24.6. The lowest BCUT2D eigenvalue weighted by Gasteiger charge is -2.26. The summed E-state index contributed by atoms with van der Waals surface area (Å²) in [6.07, 6.45) is 0. The minimum absolute atomic E-state index is 0.0766. The largest absolute Gasteiger partial charge is 0.496 e. The van der Waals surface area contributed by atoms with Gasteiger partial charge in [0, 0.05) is 23.1 Å². The van der Waals surface area contributed by atoms with Gasteiger partial charge in [-0.15, -0.1) is 0 Å². The van der Waals surface area contributed by atoms with Crippen molar-refractivity contribution in [3.05, 3.63) is 65.2 Å². The zero-order chi connectivity index (χ0) is 19.6. The smallest absolute Gasteiger partial charge is 0.287 e. The molecule has 3 rings (SSSR count). The van der Waals surface area contributed by atoms with E-state index < -0.39 is 0 Å². The van der Waals surface area contributed by atoms with Gasteiger partial charge < -0.3 is 19.4 Å². The Balaban J connectivity index is 1.82. The first-order valence-corrected chi connectivity index (χ1v) is 8.68. The number of amides is 1. The second-order valence-electron chi connectivity index (χ2n) is 6.63. The highest BCUT2D eigenvalue weighted by Gasteiger charge is 2.22. The molecule has 0 fully saturated rings. The van der Waals surface area contributed by atoms with Crippen molar-refractivity contribution < 1.29 is 18.3 Å². The predicted octanol–water partition coefficient (Wildman–Crippen LogP) is 3.92. The molecule has 1 amide bonds. The van der Waals surface area contributed by atoms with Gasteiger partial charge in [0.25, 0.3) is 5.91 Å². The molecule has 1 aromatic heterocycles. The first-order valence-electron chi connectivity index (χ1n) is 8.68. The van der Waals surface area contributed by atoms with Gasteiger partial charge in [0.2, 0.25) is 0 Å². The summed E-state index contributed by atoms with van der Waals surface area (Å²) in [5, 5.41) is 3.53. The van der Waals surface area contributed by atoms with Crippen LogP contribution in [0.2, 0.25) is 0 Å². The molecular weight excluding hydrogens is 347 g/mol. The molecule has 1 heterocycles. The zero-order valence-electron chi connectivity index (χ0n) is 15.9. The van der Waals surface area contributed by atoms with Crippen LogP contribution in [0.5, 0.6) is 5.75 Å². The van der Waals surface area contributed by atoms with Crippen LogP contribution in [0.15, 0.2) is 46.9 Å². The van der Waals surface area contributed by atoms with Gasteiger partial charge in [0.15, 0.2) is 5.76 Å². The number of carbonyl (C=O) groups is 1. The van der Waals surface area contributed by atoms with Crippen molar-refractivity contribution in [3.8, 4) is 5.75 Å². The number of fused-ring (bicyclic) bond motifs is 1. The van der Waals surface area contributed by atoms with E-state index in [1.807, 2.05) is 43.3 Å². The third kappa shape index (κ3) is 3.80. The number of para-hydroxylation sites is 1. The number of ether oxygens (including phenoxy) is 1. The summed E-state index contributed by atoms with van der Waals surface area (Å²) in [7, 11) is 5.51. The van der Waals surface area contributed by atoms with Gasteiger partial charge in [-0.05, 0) is 45.3 Å². The van der Waals surface area contributed by atoms with Crippen LogP contribution >= 0.6 is 0 Å². The summed E-state index contributed by atoms with van der Waals surface area (Å²) in [4.78, 5) is 14.7. The second kappa shape index (κ2) is 7.80. The van der Waals surface area contributed by atoms with Gasteiger partial charge in [-0.1, -0.05) is 18.2 Å². The van der Waals surface area contributed by atoms with Gasteiger partial charge in [-0.25, -0.2) is 4.39 Å². The first kappa shape index (κ1) is 18.9. The fraction of sp³-hybridized carbons (Fsp3) is 0.286. The fourth-order valence-electron chi connectivity index (χ4n) is 3.19. The van der Waals surface area contributed by atoms with E-state index in [0.717, 1.165) is 11.3 Å².